The Hall–Kier alpha value is -1.03. The first-order chi connectivity index (χ1) is 6.75. The predicted molar refractivity (Wildman–Crippen MR) is 55.0 cm³/mol. The van der Waals surface area contributed by atoms with E-state index in [9.17, 15) is 0 Å². The van der Waals surface area contributed by atoms with E-state index in [4.69, 9.17) is 10.5 Å². The molecule has 0 radical (unpaired) electrons. The molecule has 1 fully saturated rings. The minimum Gasteiger partial charge on any atom is -0.378 e. The molecule has 14 heavy (non-hydrogen) atoms. The first-order valence-electron chi connectivity index (χ1n) is 5.16. The largest absolute Gasteiger partial charge is 0.378 e. The molecule has 4 nitrogen and oxygen atoms in total. The van der Waals surface area contributed by atoms with Crippen molar-refractivity contribution < 1.29 is 4.74 Å². The minimum atomic E-state index is 0.428. The van der Waals surface area contributed by atoms with Crippen LogP contribution in [0.1, 0.15) is 25.0 Å². The van der Waals surface area contributed by atoms with Gasteiger partial charge in [0.2, 0.25) is 0 Å². The van der Waals surface area contributed by atoms with Crippen molar-refractivity contribution in [2.75, 3.05) is 12.3 Å². The molecule has 0 spiro atoms. The predicted octanol–water partition coefficient (Wildman–Crippen LogP) is 1.34. The Balaban J connectivity index is 1.87. The molecule has 1 aliphatic heterocycles. The first kappa shape index (κ1) is 9.52. The summed E-state index contributed by atoms with van der Waals surface area (Å²) in [5.74, 6) is 0.612. The van der Waals surface area contributed by atoms with E-state index in [1.54, 1.807) is 0 Å². The molecule has 0 saturated carbocycles. The average molecular weight is 195 g/mol. The lowest BCUT2D eigenvalue weighted by Gasteiger charge is -2.09. The molecule has 0 aliphatic carbocycles. The molecule has 0 aromatic carbocycles. The Morgan fingerprint density at radius 3 is 3.14 bits per heavy atom. The van der Waals surface area contributed by atoms with E-state index in [0.29, 0.717) is 12.1 Å². The maximum Gasteiger partial charge on any atom is 0.200 e. The molecular formula is C10H17N3O. The number of imidazole rings is 1. The normalized spacial score (nSPS) is 21.6. The second kappa shape index (κ2) is 4.00. The van der Waals surface area contributed by atoms with Gasteiger partial charge in [0.05, 0.1) is 11.8 Å². The van der Waals surface area contributed by atoms with Crippen LogP contribution in [0.15, 0.2) is 6.20 Å². The zero-order valence-electron chi connectivity index (χ0n) is 8.57. The number of anilines is 1. The van der Waals surface area contributed by atoms with Crippen molar-refractivity contribution in [3.05, 3.63) is 11.9 Å². The summed E-state index contributed by atoms with van der Waals surface area (Å²) in [7, 11) is 0. The Morgan fingerprint density at radius 2 is 2.57 bits per heavy atom. The molecule has 2 heterocycles. The van der Waals surface area contributed by atoms with Gasteiger partial charge in [-0.05, 0) is 26.2 Å². The third kappa shape index (κ3) is 2.07. The molecule has 78 valence electrons. The highest BCUT2D eigenvalue weighted by molar-refractivity contribution is 5.20. The Kier molecular flexibility index (Phi) is 2.72. The van der Waals surface area contributed by atoms with Crippen molar-refractivity contribution in [3.8, 4) is 0 Å². The van der Waals surface area contributed by atoms with Crippen molar-refractivity contribution >= 4 is 5.95 Å². The topological polar surface area (TPSA) is 53.1 Å². The van der Waals surface area contributed by atoms with Crippen LogP contribution in [0, 0.1) is 6.92 Å². The van der Waals surface area contributed by atoms with Gasteiger partial charge in [-0.2, -0.15) is 0 Å². The molecule has 4 heteroatoms. The number of nitrogen functional groups attached to an aromatic ring is 1. The number of aryl methyl sites for hydroxylation is 2. The zero-order valence-corrected chi connectivity index (χ0v) is 8.57. The summed E-state index contributed by atoms with van der Waals surface area (Å²) in [5, 5.41) is 0. The SMILES string of the molecule is Cc1cn(CCC2CCCO2)c(N)n1. The summed E-state index contributed by atoms with van der Waals surface area (Å²) in [5.41, 5.74) is 6.72. The first-order valence-corrected chi connectivity index (χ1v) is 5.16. The lowest BCUT2D eigenvalue weighted by molar-refractivity contribution is 0.100. The van der Waals surface area contributed by atoms with Gasteiger partial charge >= 0.3 is 0 Å². The summed E-state index contributed by atoms with van der Waals surface area (Å²) in [6.45, 7) is 3.79. The highest BCUT2D eigenvalue weighted by atomic mass is 16.5. The number of nitrogens with two attached hydrogens (primary N) is 1. The lowest BCUT2D eigenvalue weighted by atomic mass is 10.2. The van der Waals surface area contributed by atoms with Gasteiger partial charge in [0.1, 0.15) is 0 Å². The molecule has 0 bridgehead atoms. The van der Waals surface area contributed by atoms with E-state index in [1.165, 1.54) is 12.8 Å². The summed E-state index contributed by atoms with van der Waals surface area (Å²) >= 11 is 0. The number of hydrogen-bond donors (Lipinski definition) is 1. The van der Waals surface area contributed by atoms with Crippen LogP contribution in [-0.4, -0.2) is 22.3 Å². The molecule has 2 rings (SSSR count). The van der Waals surface area contributed by atoms with E-state index in [2.05, 4.69) is 4.98 Å². The van der Waals surface area contributed by atoms with Crippen LogP contribution in [0.5, 0.6) is 0 Å². The van der Waals surface area contributed by atoms with Gasteiger partial charge in [0, 0.05) is 19.3 Å². The number of nitrogens with zero attached hydrogens (tertiary/aromatic N) is 2. The van der Waals surface area contributed by atoms with E-state index in [-0.39, 0.29) is 0 Å². The number of hydrogen-bond acceptors (Lipinski definition) is 3. The summed E-state index contributed by atoms with van der Waals surface area (Å²) in [4.78, 5) is 4.16. The second-order valence-electron chi connectivity index (χ2n) is 3.86. The summed E-state index contributed by atoms with van der Waals surface area (Å²) in [6, 6.07) is 0. The third-order valence-corrected chi connectivity index (χ3v) is 2.64. The molecule has 1 aromatic rings. The minimum absolute atomic E-state index is 0.428. The van der Waals surface area contributed by atoms with Crippen molar-refractivity contribution in [2.24, 2.45) is 0 Å². The van der Waals surface area contributed by atoms with Crippen molar-refractivity contribution in [2.45, 2.75) is 38.8 Å². The van der Waals surface area contributed by atoms with Crippen LogP contribution >= 0.6 is 0 Å². The van der Waals surface area contributed by atoms with Gasteiger partial charge in [0.25, 0.3) is 0 Å². The van der Waals surface area contributed by atoms with Crippen LogP contribution in [-0.2, 0) is 11.3 Å². The van der Waals surface area contributed by atoms with Crippen LogP contribution in [0.4, 0.5) is 5.95 Å². The van der Waals surface area contributed by atoms with E-state index < -0.39 is 0 Å². The van der Waals surface area contributed by atoms with Gasteiger partial charge in [0.15, 0.2) is 5.95 Å². The van der Waals surface area contributed by atoms with Gasteiger partial charge in [-0.1, -0.05) is 0 Å². The Morgan fingerprint density at radius 1 is 1.71 bits per heavy atom. The summed E-state index contributed by atoms with van der Waals surface area (Å²) < 4.78 is 7.54. The smallest absolute Gasteiger partial charge is 0.200 e. The van der Waals surface area contributed by atoms with Crippen LogP contribution in [0.25, 0.3) is 0 Å². The molecule has 1 unspecified atom stereocenters. The van der Waals surface area contributed by atoms with Crippen molar-refractivity contribution in [1.82, 2.24) is 9.55 Å². The maximum absolute atomic E-state index is 5.74. The Bertz CT molecular complexity index is 302. The van der Waals surface area contributed by atoms with Crippen molar-refractivity contribution in [1.29, 1.82) is 0 Å². The Labute approximate surface area is 84.1 Å². The molecule has 1 saturated heterocycles. The van der Waals surface area contributed by atoms with Crippen LogP contribution in [0.3, 0.4) is 0 Å². The molecule has 0 amide bonds. The van der Waals surface area contributed by atoms with E-state index in [1.807, 2.05) is 17.7 Å². The fraction of sp³-hybridized carbons (Fsp3) is 0.700. The number of aromatic nitrogens is 2. The number of rotatable bonds is 3. The van der Waals surface area contributed by atoms with Crippen LogP contribution < -0.4 is 5.73 Å². The van der Waals surface area contributed by atoms with Crippen LogP contribution in [0.2, 0.25) is 0 Å². The molecular weight excluding hydrogens is 178 g/mol. The molecule has 2 N–H and O–H groups in total. The fourth-order valence-corrected chi connectivity index (χ4v) is 1.90. The quantitative estimate of drug-likeness (QED) is 0.792. The average Bonchev–Trinajstić information content (AvgIpc) is 2.72. The van der Waals surface area contributed by atoms with Gasteiger partial charge in [-0.25, -0.2) is 4.98 Å². The van der Waals surface area contributed by atoms with E-state index >= 15 is 0 Å². The third-order valence-electron chi connectivity index (χ3n) is 2.64. The second-order valence-corrected chi connectivity index (χ2v) is 3.86. The van der Waals surface area contributed by atoms with Crippen molar-refractivity contribution in [3.63, 3.8) is 0 Å². The van der Waals surface area contributed by atoms with Gasteiger partial charge in [-0.15, -0.1) is 0 Å². The van der Waals surface area contributed by atoms with Gasteiger partial charge in [-0.3, -0.25) is 0 Å². The monoisotopic (exact) mass is 195 g/mol. The maximum atomic E-state index is 5.74. The molecule has 1 aromatic heterocycles. The standard InChI is InChI=1S/C10H17N3O/c1-8-7-13(10(11)12-8)5-4-9-3-2-6-14-9/h7,9H,2-6H2,1H3,(H2,11,12). The fourth-order valence-electron chi connectivity index (χ4n) is 1.90. The molecule has 1 aliphatic rings. The van der Waals surface area contributed by atoms with E-state index in [0.717, 1.165) is 25.3 Å². The molecule has 1 atom stereocenters. The van der Waals surface area contributed by atoms with Gasteiger partial charge < -0.3 is 15.0 Å². The highest BCUT2D eigenvalue weighted by Crippen LogP contribution is 2.17. The summed E-state index contributed by atoms with van der Waals surface area (Å²) in [6.07, 6.45) is 5.85. The highest BCUT2D eigenvalue weighted by Gasteiger charge is 2.15. The lowest BCUT2D eigenvalue weighted by Crippen LogP contribution is -2.11. The number of ether oxygens (including phenoxy) is 1. The zero-order chi connectivity index (χ0) is 9.97.